The summed E-state index contributed by atoms with van der Waals surface area (Å²) in [6.45, 7) is 4.31. The Kier molecular flexibility index (Phi) is 10.0. The zero-order valence-electron chi connectivity index (χ0n) is 26.8. The van der Waals surface area contributed by atoms with Gasteiger partial charge in [0.05, 0.1) is 6.10 Å². The molecule has 2 aromatic rings. The SMILES string of the molecule is Bc1cc(C[C@@H](OC(=O)N2CCC(N3CCc4ccccc4NC3=O)CC2)C(=O)N2CCC(N3CCCC(O)C3)CC2)ccc1O. The van der Waals surface area contributed by atoms with Crippen LogP contribution >= 0.6 is 0 Å². The molecule has 1 unspecified atom stereocenters. The fourth-order valence-electron chi connectivity index (χ4n) is 7.50. The van der Waals surface area contributed by atoms with Gasteiger partial charge in [0.15, 0.2) is 6.10 Å². The number of benzene rings is 2. The topological polar surface area (TPSA) is 126 Å². The van der Waals surface area contributed by atoms with Crippen LogP contribution in [0.15, 0.2) is 42.5 Å². The van der Waals surface area contributed by atoms with Gasteiger partial charge in [0.1, 0.15) is 13.6 Å². The van der Waals surface area contributed by atoms with Crippen molar-refractivity contribution in [1.82, 2.24) is 19.6 Å². The molecule has 2 aromatic carbocycles. The molecule has 3 saturated heterocycles. The minimum absolute atomic E-state index is 0.0121. The first-order valence-electron chi connectivity index (χ1n) is 16.9. The standard InChI is InChI=1S/C34H46BN5O6/c35-28-20-23(7-8-30(28)42)21-31(32(43)37-15-10-25(11-16-37)39-14-3-5-27(41)22-39)46-34(45)38-17-12-26(13-18-38)40-19-9-24-4-1-2-6-29(24)36-33(40)44/h1-2,4,6-8,20,25-27,31,41-42H,3,5,9-19,21-22,35H2,(H,36,44)/t27?,31-/m1/s1. The lowest BCUT2D eigenvalue weighted by Gasteiger charge is -2.42. The van der Waals surface area contributed by atoms with Crippen LogP contribution in [0.2, 0.25) is 0 Å². The number of para-hydroxylation sites is 1. The van der Waals surface area contributed by atoms with E-state index in [-0.39, 0.29) is 36.3 Å². The Bertz CT molecular complexity index is 1410. The highest BCUT2D eigenvalue weighted by Crippen LogP contribution is 2.26. The Labute approximate surface area is 271 Å². The lowest BCUT2D eigenvalue weighted by molar-refractivity contribution is -0.142. The maximum Gasteiger partial charge on any atom is 0.410 e. The molecule has 0 spiro atoms. The molecule has 0 bridgehead atoms. The minimum atomic E-state index is -0.989. The van der Waals surface area contributed by atoms with E-state index >= 15 is 0 Å². The van der Waals surface area contributed by atoms with Gasteiger partial charge in [0.2, 0.25) is 0 Å². The molecule has 6 rings (SSSR count). The van der Waals surface area contributed by atoms with E-state index < -0.39 is 12.2 Å². The summed E-state index contributed by atoms with van der Waals surface area (Å²) in [6.07, 6.45) is 3.94. The Morgan fingerprint density at radius 3 is 2.39 bits per heavy atom. The molecule has 0 radical (unpaired) electrons. The van der Waals surface area contributed by atoms with Crippen molar-refractivity contribution in [3.05, 3.63) is 53.6 Å². The molecule has 0 aromatic heterocycles. The Morgan fingerprint density at radius 1 is 0.935 bits per heavy atom. The van der Waals surface area contributed by atoms with E-state index in [0.29, 0.717) is 63.6 Å². The van der Waals surface area contributed by atoms with Crippen LogP contribution < -0.4 is 10.8 Å². The average molecular weight is 632 g/mol. The number of hydrogen-bond acceptors (Lipinski definition) is 7. The van der Waals surface area contributed by atoms with Gasteiger partial charge in [-0.15, -0.1) is 0 Å². The normalized spacial score (nSPS) is 22.5. The molecule has 4 amide bonds. The molecule has 4 aliphatic rings. The monoisotopic (exact) mass is 631 g/mol. The van der Waals surface area contributed by atoms with Gasteiger partial charge in [-0.3, -0.25) is 9.69 Å². The van der Waals surface area contributed by atoms with Gasteiger partial charge in [0, 0.05) is 63.5 Å². The van der Waals surface area contributed by atoms with Crippen molar-refractivity contribution in [3.8, 4) is 5.75 Å². The third-order valence-electron chi connectivity index (χ3n) is 10.2. The minimum Gasteiger partial charge on any atom is -0.509 e. The Balaban J connectivity index is 1.07. The molecule has 2 atom stereocenters. The predicted molar refractivity (Wildman–Crippen MR) is 177 cm³/mol. The third-order valence-corrected chi connectivity index (χ3v) is 10.2. The third kappa shape index (κ3) is 7.44. The van der Waals surface area contributed by atoms with Crippen LogP contribution in [-0.4, -0.2) is 126 Å². The van der Waals surface area contributed by atoms with Gasteiger partial charge in [-0.05, 0) is 80.2 Å². The van der Waals surface area contributed by atoms with Gasteiger partial charge in [-0.2, -0.15) is 0 Å². The van der Waals surface area contributed by atoms with Crippen molar-refractivity contribution in [2.24, 2.45) is 0 Å². The summed E-state index contributed by atoms with van der Waals surface area (Å²) in [5, 5.41) is 23.2. The zero-order valence-corrected chi connectivity index (χ0v) is 26.8. The molecule has 4 aliphatic heterocycles. The number of carbonyl (C=O) groups excluding carboxylic acids is 3. The van der Waals surface area contributed by atoms with E-state index in [1.54, 1.807) is 24.9 Å². The lowest BCUT2D eigenvalue weighted by atomic mass is 9.91. The summed E-state index contributed by atoms with van der Waals surface area (Å²) < 4.78 is 6.00. The van der Waals surface area contributed by atoms with Crippen molar-refractivity contribution >= 4 is 37.0 Å². The predicted octanol–water partition coefficient (Wildman–Crippen LogP) is 1.70. The van der Waals surface area contributed by atoms with Crippen molar-refractivity contribution in [2.45, 2.75) is 75.7 Å². The summed E-state index contributed by atoms with van der Waals surface area (Å²) in [6, 6.07) is 13.3. The molecule has 246 valence electrons. The van der Waals surface area contributed by atoms with E-state index in [4.69, 9.17) is 4.74 Å². The summed E-state index contributed by atoms with van der Waals surface area (Å²) in [7, 11) is 1.80. The first-order chi connectivity index (χ1) is 22.2. The number of carbonyl (C=O) groups is 3. The molecule has 4 heterocycles. The second-order valence-corrected chi connectivity index (χ2v) is 13.3. The van der Waals surface area contributed by atoms with Gasteiger partial charge < -0.3 is 35.0 Å². The summed E-state index contributed by atoms with van der Waals surface area (Å²) in [4.78, 5) is 48.2. The molecule has 12 heteroatoms. The largest absolute Gasteiger partial charge is 0.509 e. The molecular formula is C34H46BN5O6. The van der Waals surface area contributed by atoms with Gasteiger partial charge in [-0.25, -0.2) is 9.59 Å². The van der Waals surface area contributed by atoms with Crippen molar-refractivity contribution in [2.75, 3.05) is 51.1 Å². The molecule has 0 aliphatic carbocycles. The quantitative estimate of drug-likeness (QED) is 0.415. The summed E-state index contributed by atoms with van der Waals surface area (Å²) in [5.74, 6) is -0.0229. The number of aliphatic hydroxyl groups excluding tert-OH is 1. The molecule has 3 N–H and O–H groups in total. The first kappa shape index (κ1) is 32.2. The number of phenols is 1. The first-order valence-corrected chi connectivity index (χ1v) is 16.9. The zero-order chi connectivity index (χ0) is 32.2. The molecule has 46 heavy (non-hydrogen) atoms. The fraction of sp³-hybridized carbons (Fsp3) is 0.559. The lowest BCUT2D eigenvalue weighted by Crippen LogP contribution is -2.53. The van der Waals surface area contributed by atoms with Crippen molar-refractivity contribution in [3.63, 3.8) is 0 Å². The maximum atomic E-state index is 13.9. The van der Waals surface area contributed by atoms with Crippen LogP contribution in [0, 0.1) is 0 Å². The number of aliphatic hydroxyl groups is 1. The number of rotatable bonds is 6. The number of phenolic OH excluding ortho intramolecular Hbond substituents is 1. The van der Waals surface area contributed by atoms with Gasteiger partial charge >= 0.3 is 12.1 Å². The highest BCUT2D eigenvalue weighted by Gasteiger charge is 2.36. The summed E-state index contributed by atoms with van der Waals surface area (Å²) >= 11 is 0. The molecule has 3 fully saturated rings. The number of piperidine rings is 3. The number of aromatic hydroxyl groups is 1. The van der Waals surface area contributed by atoms with E-state index in [0.717, 1.165) is 55.5 Å². The van der Waals surface area contributed by atoms with E-state index in [9.17, 15) is 24.6 Å². The number of hydrogen-bond donors (Lipinski definition) is 3. The number of nitrogens with one attached hydrogen (secondary N) is 1. The highest BCUT2D eigenvalue weighted by molar-refractivity contribution is 6.34. The average Bonchev–Trinajstić information content (AvgIpc) is 3.24. The van der Waals surface area contributed by atoms with Crippen LogP contribution in [0.1, 0.15) is 49.7 Å². The van der Waals surface area contributed by atoms with Gasteiger partial charge in [0.25, 0.3) is 5.91 Å². The number of nitrogens with zero attached hydrogens (tertiary/aromatic N) is 4. The second-order valence-electron chi connectivity index (χ2n) is 13.3. The van der Waals surface area contributed by atoms with Crippen LogP contribution in [0.4, 0.5) is 15.3 Å². The summed E-state index contributed by atoms with van der Waals surface area (Å²) in [5.41, 5.74) is 3.48. The molecular weight excluding hydrogens is 585 g/mol. The fourth-order valence-corrected chi connectivity index (χ4v) is 7.50. The van der Waals surface area contributed by atoms with E-state index in [1.807, 2.05) is 40.1 Å². The van der Waals surface area contributed by atoms with E-state index in [2.05, 4.69) is 10.2 Å². The van der Waals surface area contributed by atoms with Crippen LogP contribution in [0.25, 0.3) is 0 Å². The van der Waals surface area contributed by atoms with Crippen molar-refractivity contribution < 1.29 is 29.3 Å². The van der Waals surface area contributed by atoms with Crippen LogP contribution in [0.5, 0.6) is 5.75 Å². The maximum absolute atomic E-state index is 13.9. The van der Waals surface area contributed by atoms with Crippen LogP contribution in [0.3, 0.4) is 0 Å². The number of β-amino-alcohol motifs (C(OH)–C–C–N with tert-alkyl or cyclic N) is 1. The molecule has 0 saturated carbocycles. The highest BCUT2D eigenvalue weighted by atomic mass is 16.6. The number of likely N-dealkylation sites (tertiary alicyclic amines) is 3. The molecule has 11 nitrogen and oxygen atoms in total. The van der Waals surface area contributed by atoms with Crippen molar-refractivity contribution in [1.29, 1.82) is 0 Å². The number of amides is 4. The van der Waals surface area contributed by atoms with E-state index in [1.165, 1.54) is 0 Å². The smallest absolute Gasteiger partial charge is 0.410 e. The van der Waals surface area contributed by atoms with Gasteiger partial charge in [-0.1, -0.05) is 30.3 Å². The Hall–Kier alpha value is -3.77. The number of urea groups is 1. The number of fused-ring (bicyclic) bond motifs is 1. The Morgan fingerprint density at radius 2 is 1.65 bits per heavy atom. The number of ether oxygens (including phenoxy) is 1. The number of anilines is 1. The second kappa shape index (κ2) is 14.3. The van der Waals surface area contributed by atoms with Crippen LogP contribution in [-0.2, 0) is 22.4 Å².